The second-order valence-electron chi connectivity index (χ2n) is 4.13. The molecule has 2 aromatic rings. The Kier molecular flexibility index (Phi) is 2.61. The summed E-state index contributed by atoms with van der Waals surface area (Å²) in [6, 6.07) is 8.56. The highest BCUT2D eigenvalue weighted by atomic mass is 32.1. The molecule has 1 fully saturated rings. The zero-order valence-electron chi connectivity index (χ0n) is 8.77. The van der Waals surface area contributed by atoms with Gasteiger partial charge in [0.1, 0.15) is 5.01 Å². The minimum Gasteiger partial charge on any atom is -0.258 e. The number of H-pyrrole nitrogens is 1. The lowest BCUT2D eigenvalue weighted by molar-refractivity contribution is 0.420. The highest BCUT2D eigenvalue weighted by Crippen LogP contribution is 2.41. The van der Waals surface area contributed by atoms with E-state index < -0.39 is 0 Å². The first-order valence-corrected chi connectivity index (χ1v) is 6.72. The van der Waals surface area contributed by atoms with Crippen LogP contribution in [-0.2, 0) is 0 Å². The minimum absolute atomic E-state index is 0.730. The number of hydrogen-bond acceptors (Lipinski definition) is 3. The third kappa shape index (κ3) is 1.72. The van der Waals surface area contributed by atoms with Crippen molar-refractivity contribution in [1.29, 1.82) is 0 Å². The Hall–Kier alpha value is -1.00. The lowest BCUT2D eigenvalue weighted by Gasteiger charge is -2.27. The molecular weight excluding hydrogens is 236 g/mol. The highest BCUT2D eigenvalue weighted by Gasteiger charge is 2.22. The van der Waals surface area contributed by atoms with Crippen LogP contribution in [0.1, 0.15) is 30.7 Å². The summed E-state index contributed by atoms with van der Waals surface area (Å²) in [6.45, 7) is 0. The zero-order valence-corrected chi connectivity index (χ0v) is 10.4. The first kappa shape index (κ1) is 10.2. The van der Waals surface area contributed by atoms with Gasteiger partial charge in [0.15, 0.2) is 3.95 Å². The molecule has 1 aliphatic rings. The van der Waals surface area contributed by atoms with Crippen molar-refractivity contribution in [3.63, 3.8) is 0 Å². The van der Waals surface area contributed by atoms with Crippen LogP contribution in [0.5, 0.6) is 0 Å². The standard InChI is InChI=1S/C12H12N2S2/c15-12-14-13-11(16-12)10-7-2-1-6-9(10)8-4-3-5-8/h1-2,6-8H,3-5H2,(H,14,15). The molecule has 1 N–H and O–H groups in total. The van der Waals surface area contributed by atoms with Gasteiger partial charge in [-0.25, -0.2) is 0 Å². The lowest BCUT2D eigenvalue weighted by atomic mass is 9.78. The summed E-state index contributed by atoms with van der Waals surface area (Å²) in [5.41, 5.74) is 2.69. The van der Waals surface area contributed by atoms with E-state index in [1.54, 1.807) is 11.3 Å². The van der Waals surface area contributed by atoms with Crippen molar-refractivity contribution in [2.24, 2.45) is 0 Å². The monoisotopic (exact) mass is 248 g/mol. The van der Waals surface area contributed by atoms with E-state index in [9.17, 15) is 0 Å². The number of rotatable bonds is 2. The molecule has 0 spiro atoms. The minimum atomic E-state index is 0.730. The average Bonchev–Trinajstić information content (AvgIpc) is 2.63. The first-order valence-electron chi connectivity index (χ1n) is 5.49. The molecular formula is C12H12N2S2. The number of benzene rings is 1. The molecule has 1 saturated carbocycles. The van der Waals surface area contributed by atoms with Crippen LogP contribution in [0, 0.1) is 3.95 Å². The van der Waals surface area contributed by atoms with Crippen LogP contribution in [0.15, 0.2) is 24.3 Å². The SMILES string of the molecule is S=c1[nH]nc(-c2ccccc2C2CCC2)s1. The fraction of sp³-hybridized carbons (Fsp3) is 0.333. The van der Waals surface area contributed by atoms with Gasteiger partial charge in [0, 0.05) is 5.56 Å². The van der Waals surface area contributed by atoms with Gasteiger partial charge in [0.25, 0.3) is 0 Å². The normalized spacial score (nSPS) is 16.0. The summed E-state index contributed by atoms with van der Waals surface area (Å²) < 4.78 is 0.749. The molecule has 3 rings (SSSR count). The van der Waals surface area contributed by atoms with E-state index in [4.69, 9.17) is 12.2 Å². The van der Waals surface area contributed by atoms with Gasteiger partial charge in [-0.1, -0.05) is 42.0 Å². The van der Waals surface area contributed by atoms with Crippen molar-refractivity contribution in [1.82, 2.24) is 10.2 Å². The third-order valence-electron chi connectivity index (χ3n) is 3.17. The van der Waals surface area contributed by atoms with E-state index >= 15 is 0 Å². The maximum atomic E-state index is 5.08. The molecule has 1 aliphatic carbocycles. The Bertz CT molecular complexity index is 552. The van der Waals surface area contributed by atoms with E-state index in [-0.39, 0.29) is 0 Å². The Morgan fingerprint density at radius 2 is 2.12 bits per heavy atom. The molecule has 0 saturated heterocycles. The number of nitrogens with one attached hydrogen (secondary N) is 1. The van der Waals surface area contributed by atoms with Gasteiger partial charge in [-0.15, -0.1) is 0 Å². The molecule has 0 bridgehead atoms. The molecule has 0 atom stereocenters. The molecule has 2 nitrogen and oxygen atoms in total. The van der Waals surface area contributed by atoms with Crippen LogP contribution in [-0.4, -0.2) is 10.2 Å². The van der Waals surface area contributed by atoms with Crippen molar-refractivity contribution >= 4 is 23.6 Å². The molecule has 0 amide bonds. The van der Waals surface area contributed by atoms with Crippen LogP contribution >= 0.6 is 23.6 Å². The average molecular weight is 248 g/mol. The summed E-state index contributed by atoms with van der Waals surface area (Å²) in [5.74, 6) is 0.730. The quantitative estimate of drug-likeness (QED) is 0.809. The van der Waals surface area contributed by atoms with Gasteiger partial charge in [0.05, 0.1) is 0 Å². The van der Waals surface area contributed by atoms with Crippen molar-refractivity contribution in [3.05, 3.63) is 33.8 Å². The summed E-state index contributed by atoms with van der Waals surface area (Å²) in [5, 5.41) is 8.15. The van der Waals surface area contributed by atoms with Gasteiger partial charge in [-0.3, -0.25) is 5.10 Å². The Balaban J connectivity index is 2.08. The fourth-order valence-corrected chi connectivity index (χ4v) is 3.05. The molecule has 1 aromatic carbocycles. The van der Waals surface area contributed by atoms with Crippen LogP contribution in [0.25, 0.3) is 10.6 Å². The van der Waals surface area contributed by atoms with Gasteiger partial charge < -0.3 is 0 Å². The van der Waals surface area contributed by atoms with Crippen LogP contribution < -0.4 is 0 Å². The molecule has 1 aromatic heterocycles. The molecule has 1 heterocycles. The maximum Gasteiger partial charge on any atom is 0.176 e. The van der Waals surface area contributed by atoms with E-state index in [1.165, 1.54) is 30.4 Å². The second-order valence-corrected chi connectivity index (χ2v) is 5.80. The van der Waals surface area contributed by atoms with Gasteiger partial charge in [-0.05, 0) is 36.5 Å². The van der Waals surface area contributed by atoms with Gasteiger partial charge in [0.2, 0.25) is 0 Å². The number of hydrogen-bond donors (Lipinski definition) is 1. The van der Waals surface area contributed by atoms with Crippen molar-refractivity contribution in [2.75, 3.05) is 0 Å². The summed E-state index contributed by atoms with van der Waals surface area (Å²) >= 11 is 6.64. The highest BCUT2D eigenvalue weighted by molar-refractivity contribution is 7.73. The molecule has 0 unspecified atom stereocenters. The number of aromatic amines is 1. The summed E-state index contributed by atoms with van der Waals surface area (Å²) in [4.78, 5) is 0. The van der Waals surface area contributed by atoms with Gasteiger partial charge >= 0.3 is 0 Å². The van der Waals surface area contributed by atoms with E-state index in [1.807, 2.05) is 0 Å². The van der Waals surface area contributed by atoms with E-state index in [0.717, 1.165) is 14.9 Å². The summed E-state index contributed by atoms with van der Waals surface area (Å²) in [6.07, 6.45) is 3.98. The maximum absolute atomic E-state index is 5.08. The van der Waals surface area contributed by atoms with Crippen molar-refractivity contribution in [3.8, 4) is 10.6 Å². The van der Waals surface area contributed by atoms with Crippen molar-refractivity contribution in [2.45, 2.75) is 25.2 Å². The molecule has 16 heavy (non-hydrogen) atoms. The van der Waals surface area contributed by atoms with Crippen LogP contribution in [0.2, 0.25) is 0 Å². The number of aromatic nitrogens is 2. The molecule has 4 heteroatoms. The summed E-state index contributed by atoms with van der Waals surface area (Å²) in [7, 11) is 0. The van der Waals surface area contributed by atoms with Crippen LogP contribution in [0.4, 0.5) is 0 Å². The largest absolute Gasteiger partial charge is 0.258 e. The number of nitrogens with zero attached hydrogens (tertiary/aromatic N) is 1. The van der Waals surface area contributed by atoms with Crippen molar-refractivity contribution < 1.29 is 0 Å². The first-order chi connectivity index (χ1) is 7.84. The second kappa shape index (κ2) is 4.11. The predicted octanol–water partition coefficient (Wildman–Crippen LogP) is 4.14. The fourth-order valence-electron chi connectivity index (χ4n) is 2.11. The zero-order chi connectivity index (χ0) is 11.0. The predicted molar refractivity (Wildman–Crippen MR) is 69.3 cm³/mol. The van der Waals surface area contributed by atoms with E-state index in [2.05, 4.69) is 34.5 Å². The third-order valence-corrected chi connectivity index (χ3v) is 4.30. The molecule has 82 valence electrons. The van der Waals surface area contributed by atoms with Gasteiger partial charge in [-0.2, -0.15) is 5.10 Å². The lowest BCUT2D eigenvalue weighted by Crippen LogP contribution is -2.09. The Morgan fingerprint density at radius 1 is 1.31 bits per heavy atom. The Labute approximate surface area is 103 Å². The van der Waals surface area contributed by atoms with E-state index in [0.29, 0.717) is 0 Å². The smallest absolute Gasteiger partial charge is 0.176 e. The van der Waals surface area contributed by atoms with Crippen LogP contribution in [0.3, 0.4) is 0 Å². The topological polar surface area (TPSA) is 28.7 Å². The molecule has 0 aliphatic heterocycles. The Morgan fingerprint density at radius 3 is 2.75 bits per heavy atom. The molecule has 0 radical (unpaired) electrons.